The number of aliphatic carboxylic acids is 1. The quantitative estimate of drug-likeness (QED) is 0.741. The Morgan fingerprint density at radius 1 is 1.33 bits per heavy atom. The Hall–Kier alpha value is -2.50. The van der Waals surface area contributed by atoms with E-state index in [1.54, 1.807) is 18.2 Å². The maximum absolute atomic E-state index is 12.0. The van der Waals surface area contributed by atoms with E-state index < -0.39 is 11.9 Å². The number of ether oxygens (including phenoxy) is 1. The molecule has 6 heteroatoms. The fraction of sp³-hybridized carbons (Fsp3) is 0.333. The van der Waals surface area contributed by atoms with Crippen molar-refractivity contribution in [3.8, 4) is 5.75 Å². The normalized spacial score (nSPS) is 20.1. The number of urea groups is 1. The molecule has 0 aliphatic heterocycles. The number of benzene rings is 1. The molecule has 1 aromatic rings. The van der Waals surface area contributed by atoms with Crippen molar-refractivity contribution in [2.24, 2.45) is 5.92 Å². The average molecular weight is 290 g/mol. The van der Waals surface area contributed by atoms with E-state index in [9.17, 15) is 9.59 Å². The Balaban J connectivity index is 1.95. The number of aryl methyl sites for hydroxylation is 1. The molecule has 0 saturated heterocycles. The molecule has 2 rings (SSSR count). The summed E-state index contributed by atoms with van der Waals surface area (Å²) < 4.78 is 5.19. The van der Waals surface area contributed by atoms with Gasteiger partial charge >= 0.3 is 12.0 Å². The third kappa shape index (κ3) is 3.75. The Labute approximate surface area is 122 Å². The Morgan fingerprint density at radius 3 is 2.71 bits per heavy atom. The molecule has 6 nitrogen and oxygen atoms in total. The van der Waals surface area contributed by atoms with Gasteiger partial charge in [-0.1, -0.05) is 18.2 Å². The minimum Gasteiger partial charge on any atom is -0.495 e. The molecule has 0 saturated carbocycles. The van der Waals surface area contributed by atoms with Crippen LogP contribution in [0.25, 0.3) is 0 Å². The van der Waals surface area contributed by atoms with Crippen LogP contribution in [-0.4, -0.2) is 30.3 Å². The molecule has 0 radical (unpaired) electrons. The minimum atomic E-state index is -0.878. The summed E-state index contributed by atoms with van der Waals surface area (Å²) >= 11 is 0. The summed E-state index contributed by atoms with van der Waals surface area (Å²) in [6.07, 6.45) is 3.67. The summed E-state index contributed by atoms with van der Waals surface area (Å²) in [7, 11) is 1.53. The van der Waals surface area contributed by atoms with Crippen molar-refractivity contribution in [3.05, 3.63) is 35.9 Å². The van der Waals surface area contributed by atoms with E-state index in [-0.39, 0.29) is 12.1 Å². The van der Waals surface area contributed by atoms with E-state index in [1.807, 2.05) is 19.1 Å². The van der Waals surface area contributed by atoms with Gasteiger partial charge in [0.25, 0.3) is 0 Å². The Kier molecular flexibility index (Phi) is 4.47. The summed E-state index contributed by atoms with van der Waals surface area (Å²) in [6, 6.07) is 4.81. The van der Waals surface area contributed by atoms with Gasteiger partial charge < -0.3 is 20.5 Å². The van der Waals surface area contributed by atoms with Gasteiger partial charge in [0.2, 0.25) is 0 Å². The zero-order valence-corrected chi connectivity index (χ0v) is 11.9. The van der Waals surface area contributed by atoms with E-state index in [0.29, 0.717) is 17.9 Å². The third-order valence-corrected chi connectivity index (χ3v) is 3.32. The first-order valence-electron chi connectivity index (χ1n) is 6.63. The lowest BCUT2D eigenvalue weighted by Crippen LogP contribution is -2.36. The van der Waals surface area contributed by atoms with Crippen LogP contribution in [0.1, 0.15) is 12.0 Å². The molecule has 112 valence electrons. The number of hydrogen-bond donors (Lipinski definition) is 3. The van der Waals surface area contributed by atoms with Gasteiger partial charge in [-0.2, -0.15) is 0 Å². The summed E-state index contributed by atoms with van der Waals surface area (Å²) in [5, 5.41) is 14.3. The zero-order chi connectivity index (χ0) is 15.4. The molecule has 2 atom stereocenters. The third-order valence-electron chi connectivity index (χ3n) is 3.32. The highest BCUT2D eigenvalue weighted by Gasteiger charge is 2.25. The predicted molar refractivity (Wildman–Crippen MR) is 78.6 cm³/mol. The van der Waals surface area contributed by atoms with Gasteiger partial charge in [0.1, 0.15) is 5.75 Å². The first kappa shape index (κ1) is 14.9. The van der Waals surface area contributed by atoms with Crippen LogP contribution in [0, 0.1) is 12.8 Å². The number of carboxylic acids is 1. The highest BCUT2D eigenvalue weighted by molar-refractivity contribution is 5.91. The molecule has 0 spiro atoms. The van der Waals surface area contributed by atoms with Gasteiger partial charge in [0.15, 0.2) is 0 Å². The highest BCUT2D eigenvalue weighted by atomic mass is 16.5. The smallest absolute Gasteiger partial charge is 0.319 e. The van der Waals surface area contributed by atoms with Crippen LogP contribution in [0.3, 0.4) is 0 Å². The van der Waals surface area contributed by atoms with Gasteiger partial charge in [0.05, 0.1) is 24.8 Å². The van der Waals surface area contributed by atoms with Crippen molar-refractivity contribution in [2.75, 3.05) is 12.4 Å². The average Bonchev–Trinajstić information content (AvgIpc) is 2.87. The number of nitrogens with one attached hydrogen (secondary N) is 2. The first-order valence-corrected chi connectivity index (χ1v) is 6.63. The molecule has 3 N–H and O–H groups in total. The Bertz CT molecular complexity index is 583. The van der Waals surface area contributed by atoms with Gasteiger partial charge in [-0.25, -0.2) is 4.79 Å². The molecule has 0 aromatic heterocycles. The fourth-order valence-electron chi connectivity index (χ4n) is 2.24. The number of carboxylic acid groups (broad SMARTS) is 1. The number of carbonyl (C=O) groups excluding carboxylic acids is 1. The molecule has 2 unspecified atom stereocenters. The van der Waals surface area contributed by atoms with Crippen molar-refractivity contribution in [3.63, 3.8) is 0 Å². The van der Waals surface area contributed by atoms with Crippen molar-refractivity contribution < 1.29 is 19.4 Å². The second-order valence-electron chi connectivity index (χ2n) is 4.97. The van der Waals surface area contributed by atoms with Crippen LogP contribution in [0.15, 0.2) is 30.4 Å². The van der Waals surface area contributed by atoms with Crippen LogP contribution in [-0.2, 0) is 4.79 Å². The maximum atomic E-state index is 12.0. The monoisotopic (exact) mass is 290 g/mol. The topological polar surface area (TPSA) is 87.7 Å². The summed E-state index contributed by atoms with van der Waals surface area (Å²) in [6.45, 7) is 1.92. The van der Waals surface area contributed by atoms with Crippen molar-refractivity contribution in [2.45, 2.75) is 19.4 Å². The molecule has 0 bridgehead atoms. The van der Waals surface area contributed by atoms with Crippen molar-refractivity contribution in [1.29, 1.82) is 0 Å². The molecule has 21 heavy (non-hydrogen) atoms. The molecular formula is C15H18N2O4. The van der Waals surface area contributed by atoms with Gasteiger partial charge in [-0.3, -0.25) is 4.79 Å². The second kappa shape index (κ2) is 6.30. The zero-order valence-electron chi connectivity index (χ0n) is 11.9. The van der Waals surface area contributed by atoms with E-state index in [4.69, 9.17) is 9.84 Å². The molecule has 1 aliphatic carbocycles. The minimum absolute atomic E-state index is 0.276. The van der Waals surface area contributed by atoms with Crippen LogP contribution < -0.4 is 15.4 Å². The second-order valence-corrected chi connectivity index (χ2v) is 4.97. The van der Waals surface area contributed by atoms with E-state index in [2.05, 4.69) is 10.6 Å². The van der Waals surface area contributed by atoms with Gasteiger partial charge in [-0.15, -0.1) is 0 Å². The lowest BCUT2D eigenvalue weighted by molar-refractivity contribution is -0.140. The van der Waals surface area contributed by atoms with Gasteiger partial charge in [0, 0.05) is 0 Å². The van der Waals surface area contributed by atoms with Crippen LogP contribution in [0.5, 0.6) is 5.75 Å². The van der Waals surface area contributed by atoms with E-state index in [0.717, 1.165) is 5.56 Å². The van der Waals surface area contributed by atoms with E-state index >= 15 is 0 Å². The molecule has 0 heterocycles. The number of rotatable bonds is 4. The van der Waals surface area contributed by atoms with Crippen LogP contribution in [0.2, 0.25) is 0 Å². The number of anilines is 1. The number of methoxy groups -OCH3 is 1. The molecule has 1 aromatic carbocycles. The van der Waals surface area contributed by atoms with Crippen LogP contribution >= 0.6 is 0 Å². The summed E-state index contributed by atoms with van der Waals surface area (Å²) in [5.74, 6) is -0.846. The standard InChI is InChI=1S/C15H18N2O4/c1-9-3-6-13(21-2)12(7-9)17-15(20)16-11-5-4-10(8-11)14(18)19/h3-7,10-11H,8H2,1-2H3,(H,18,19)(H2,16,17,20). The van der Waals surface area contributed by atoms with Crippen molar-refractivity contribution >= 4 is 17.7 Å². The Morgan fingerprint density at radius 2 is 2.10 bits per heavy atom. The largest absolute Gasteiger partial charge is 0.495 e. The van der Waals surface area contributed by atoms with E-state index in [1.165, 1.54) is 7.11 Å². The summed E-state index contributed by atoms with van der Waals surface area (Å²) in [4.78, 5) is 22.8. The predicted octanol–water partition coefficient (Wildman–Crippen LogP) is 2.15. The van der Waals surface area contributed by atoms with Gasteiger partial charge in [-0.05, 0) is 31.0 Å². The number of carbonyl (C=O) groups is 2. The SMILES string of the molecule is COc1ccc(C)cc1NC(=O)NC1C=CC(C(=O)O)C1. The number of amides is 2. The lowest BCUT2D eigenvalue weighted by atomic mass is 10.1. The first-order chi connectivity index (χ1) is 9.99. The van der Waals surface area contributed by atoms with Crippen LogP contribution in [0.4, 0.5) is 10.5 Å². The molecular weight excluding hydrogens is 272 g/mol. The lowest BCUT2D eigenvalue weighted by Gasteiger charge is -2.15. The fourth-order valence-corrected chi connectivity index (χ4v) is 2.24. The molecule has 2 amide bonds. The molecule has 1 aliphatic rings. The molecule has 0 fully saturated rings. The highest BCUT2D eigenvalue weighted by Crippen LogP contribution is 2.25. The number of hydrogen-bond acceptors (Lipinski definition) is 3. The van der Waals surface area contributed by atoms with Crippen molar-refractivity contribution in [1.82, 2.24) is 5.32 Å². The summed E-state index contributed by atoms with van der Waals surface area (Å²) in [5.41, 5.74) is 1.57. The maximum Gasteiger partial charge on any atom is 0.319 e.